The maximum atomic E-state index is 14.8. The SMILES string of the molecule is CC(C)(C)OC(=O)N1CC[C@@H](C(=O)N2OCCC2c2cncc(F)c2)[C@@H](F)C1. The summed E-state index contributed by atoms with van der Waals surface area (Å²) in [7, 11) is 0. The fourth-order valence-corrected chi connectivity index (χ4v) is 3.44. The Labute approximate surface area is 162 Å². The van der Waals surface area contributed by atoms with Crippen LogP contribution in [0.5, 0.6) is 0 Å². The summed E-state index contributed by atoms with van der Waals surface area (Å²) >= 11 is 0. The second-order valence-corrected chi connectivity index (χ2v) is 8.08. The van der Waals surface area contributed by atoms with E-state index < -0.39 is 41.6 Å². The van der Waals surface area contributed by atoms with Crippen LogP contribution in [0.3, 0.4) is 0 Å². The summed E-state index contributed by atoms with van der Waals surface area (Å²) in [6, 6.07) is 0.789. The van der Waals surface area contributed by atoms with Crippen molar-refractivity contribution in [3.63, 3.8) is 0 Å². The van der Waals surface area contributed by atoms with Gasteiger partial charge in [-0.25, -0.2) is 18.6 Å². The fourth-order valence-electron chi connectivity index (χ4n) is 3.44. The number of aromatic nitrogens is 1. The van der Waals surface area contributed by atoms with Crippen LogP contribution in [0.4, 0.5) is 13.6 Å². The number of hydrogen-bond donors (Lipinski definition) is 0. The molecule has 28 heavy (non-hydrogen) atoms. The van der Waals surface area contributed by atoms with Crippen molar-refractivity contribution in [2.24, 2.45) is 5.92 Å². The minimum absolute atomic E-state index is 0.160. The van der Waals surface area contributed by atoms with Crippen molar-refractivity contribution in [2.75, 3.05) is 19.7 Å². The molecule has 0 radical (unpaired) electrons. The van der Waals surface area contributed by atoms with E-state index in [1.54, 1.807) is 20.8 Å². The van der Waals surface area contributed by atoms with Crippen LogP contribution in [-0.4, -0.2) is 58.4 Å². The molecule has 2 fully saturated rings. The zero-order chi connectivity index (χ0) is 20.5. The average Bonchev–Trinajstić information content (AvgIpc) is 3.09. The molecule has 1 aromatic rings. The number of carbonyl (C=O) groups excluding carboxylic acids is 2. The molecule has 1 aromatic heterocycles. The molecule has 0 bridgehead atoms. The van der Waals surface area contributed by atoms with E-state index in [-0.39, 0.29) is 26.1 Å². The van der Waals surface area contributed by atoms with Gasteiger partial charge in [0.1, 0.15) is 17.6 Å². The number of hydroxylamine groups is 2. The Morgan fingerprint density at radius 1 is 1.29 bits per heavy atom. The highest BCUT2D eigenvalue weighted by molar-refractivity contribution is 5.80. The summed E-state index contributed by atoms with van der Waals surface area (Å²) in [6.07, 6.45) is 1.06. The Morgan fingerprint density at radius 3 is 2.68 bits per heavy atom. The summed E-state index contributed by atoms with van der Waals surface area (Å²) in [5, 5.41) is 1.14. The van der Waals surface area contributed by atoms with Crippen LogP contribution in [-0.2, 0) is 14.4 Å². The lowest BCUT2D eigenvalue weighted by molar-refractivity contribution is -0.185. The molecule has 3 heterocycles. The molecule has 3 rings (SSSR count). The van der Waals surface area contributed by atoms with E-state index in [9.17, 15) is 18.4 Å². The number of hydrogen-bond acceptors (Lipinski definition) is 5. The third-order valence-corrected chi connectivity index (χ3v) is 4.74. The monoisotopic (exact) mass is 397 g/mol. The smallest absolute Gasteiger partial charge is 0.410 e. The second-order valence-electron chi connectivity index (χ2n) is 8.08. The minimum atomic E-state index is -1.54. The Hall–Kier alpha value is -2.29. The summed E-state index contributed by atoms with van der Waals surface area (Å²) in [5.41, 5.74) is -0.169. The number of halogens is 2. The first-order chi connectivity index (χ1) is 13.2. The fraction of sp³-hybridized carbons (Fsp3) is 0.632. The Balaban J connectivity index is 1.65. The molecular weight excluding hydrogens is 372 g/mol. The van der Waals surface area contributed by atoms with Gasteiger partial charge >= 0.3 is 6.09 Å². The maximum Gasteiger partial charge on any atom is 0.410 e. The van der Waals surface area contributed by atoms with Gasteiger partial charge in [0.2, 0.25) is 0 Å². The van der Waals surface area contributed by atoms with Crippen molar-refractivity contribution < 1.29 is 27.9 Å². The number of alkyl halides is 1. The van der Waals surface area contributed by atoms with Gasteiger partial charge < -0.3 is 9.64 Å². The van der Waals surface area contributed by atoms with E-state index in [1.165, 1.54) is 17.2 Å². The zero-order valence-electron chi connectivity index (χ0n) is 16.2. The van der Waals surface area contributed by atoms with E-state index in [0.29, 0.717) is 12.0 Å². The van der Waals surface area contributed by atoms with Crippen molar-refractivity contribution >= 4 is 12.0 Å². The van der Waals surface area contributed by atoms with Crippen molar-refractivity contribution in [3.05, 3.63) is 29.8 Å². The van der Waals surface area contributed by atoms with Crippen molar-refractivity contribution in [1.82, 2.24) is 14.9 Å². The highest BCUT2D eigenvalue weighted by atomic mass is 19.1. The normalized spacial score (nSPS) is 25.7. The predicted octanol–water partition coefficient (Wildman–Crippen LogP) is 3.02. The van der Waals surface area contributed by atoms with Gasteiger partial charge in [-0.3, -0.25) is 14.6 Å². The van der Waals surface area contributed by atoms with Gasteiger partial charge in [0.15, 0.2) is 0 Å². The van der Waals surface area contributed by atoms with Crippen molar-refractivity contribution in [1.29, 1.82) is 0 Å². The second kappa shape index (κ2) is 7.98. The third-order valence-electron chi connectivity index (χ3n) is 4.74. The van der Waals surface area contributed by atoms with Crippen LogP contribution >= 0.6 is 0 Å². The standard InChI is InChI=1S/C19H25F2N3O4/c1-19(2,3)28-18(26)23-6-4-14(15(21)11-23)17(25)24-16(5-7-27-24)12-8-13(20)10-22-9-12/h8-10,14-16H,4-7,11H2,1-3H3/t14-,15+,16?/m1/s1. The summed E-state index contributed by atoms with van der Waals surface area (Å²) in [4.78, 5) is 35.5. The van der Waals surface area contributed by atoms with E-state index in [2.05, 4.69) is 4.98 Å². The number of amides is 2. The predicted molar refractivity (Wildman–Crippen MR) is 95.2 cm³/mol. The molecule has 3 atom stereocenters. The Kier molecular flexibility index (Phi) is 5.83. The first-order valence-electron chi connectivity index (χ1n) is 9.34. The number of likely N-dealkylation sites (tertiary alicyclic amines) is 1. The van der Waals surface area contributed by atoms with Gasteiger partial charge in [0, 0.05) is 19.2 Å². The topological polar surface area (TPSA) is 72.0 Å². The molecular formula is C19H25F2N3O4. The molecule has 2 saturated heterocycles. The van der Waals surface area contributed by atoms with Crippen LogP contribution in [0, 0.1) is 11.7 Å². The highest BCUT2D eigenvalue weighted by Crippen LogP contribution is 2.34. The van der Waals surface area contributed by atoms with Gasteiger partial charge in [0.25, 0.3) is 5.91 Å². The first-order valence-corrected chi connectivity index (χ1v) is 9.34. The number of nitrogens with zero attached hydrogens (tertiary/aromatic N) is 3. The van der Waals surface area contributed by atoms with Gasteiger partial charge in [-0.15, -0.1) is 0 Å². The van der Waals surface area contributed by atoms with Crippen LogP contribution in [0.25, 0.3) is 0 Å². The molecule has 2 amide bonds. The van der Waals surface area contributed by atoms with Gasteiger partial charge in [-0.05, 0) is 38.8 Å². The first kappa shape index (κ1) is 20.4. The van der Waals surface area contributed by atoms with Crippen LogP contribution in [0.2, 0.25) is 0 Å². The Bertz CT molecular complexity index is 740. The highest BCUT2D eigenvalue weighted by Gasteiger charge is 2.43. The molecule has 9 heteroatoms. The maximum absolute atomic E-state index is 14.8. The van der Waals surface area contributed by atoms with E-state index >= 15 is 0 Å². The molecule has 1 unspecified atom stereocenters. The minimum Gasteiger partial charge on any atom is -0.444 e. The molecule has 2 aliphatic heterocycles. The molecule has 0 saturated carbocycles. The lowest BCUT2D eigenvalue weighted by atomic mass is 9.93. The average molecular weight is 397 g/mol. The molecule has 7 nitrogen and oxygen atoms in total. The molecule has 2 aliphatic rings. The summed E-state index contributed by atoms with van der Waals surface area (Å²) < 4.78 is 33.5. The molecule has 154 valence electrons. The van der Waals surface area contributed by atoms with Gasteiger partial charge in [-0.2, -0.15) is 0 Å². The number of rotatable bonds is 2. The van der Waals surface area contributed by atoms with Crippen LogP contribution in [0.1, 0.15) is 45.2 Å². The lowest BCUT2D eigenvalue weighted by Crippen LogP contribution is -2.51. The number of carbonyl (C=O) groups is 2. The van der Waals surface area contributed by atoms with Crippen LogP contribution < -0.4 is 0 Å². The van der Waals surface area contributed by atoms with E-state index in [0.717, 1.165) is 11.3 Å². The number of piperidine rings is 1. The molecule has 0 spiro atoms. The van der Waals surface area contributed by atoms with E-state index in [1.807, 2.05) is 0 Å². The van der Waals surface area contributed by atoms with Gasteiger partial charge in [0.05, 0.1) is 31.3 Å². The van der Waals surface area contributed by atoms with E-state index in [4.69, 9.17) is 9.57 Å². The molecule has 0 aromatic carbocycles. The zero-order valence-corrected chi connectivity index (χ0v) is 16.2. The number of ether oxygens (including phenoxy) is 1. The van der Waals surface area contributed by atoms with Crippen molar-refractivity contribution in [2.45, 2.75) is 51.4 Å². The third kappa shape index (κ3) is 4.57. The van der Waals surface area contributed by atoms with Crippen LogP contribution in [0.15, 0.2) is 18.5 Å². The Morgan fingerprint density at radius 2 is 2.04 bits per heavy atom. The van der Waals surface area contributed by atoms with Crippen molar-refractivity contribution in [3.8, 4) is 0 Å². The lowest BCUT2D eigenvalue weighted by Gasteiger charge is -2.36. The quantitative estimate of drug-likeness (QED) is 0.767. The number of pyridine rings is 1. The van der Waals surface area contributed by atoms with Gasteiger partial charge in [-0.1, -0.05) is 0 Å². The largest absolute Gasteiger partial charge is 0.444 e. The molecule has 0 aliphatic carbocycles. The molecule has 0 N–H and O–H groups in total. The summed E-state index contributed by atoms with van der Waals surface area (Å²) in [5.74, 6) is -1.94. The summed E-state index contributed by atoms with van der Waals surface area (Å²) in [6.45, 7) is 5.48.